The van der Waals surface area contributed by atoms with Gasteiger partial charge in [-0.05, 0) is 0 Å². The molecule has 1 saturated heterocycles. The van der Waals surface area contributed by atoms with Crippen LogP contribution in [0, 0.1) is 0 Å². The average Bonchev–Trinajstić information content (AvgIpc) is 2.35. The molecule has 1 rings (SSSR count). The minimum Gasteiger partial charge on any atom is -0.377 e. The monoisotopic (exact) mass is 230 g/mol. The lowest BCUT2D eigenvalue weighted by molar-refractivity contribution is 0.0141. The summed E-state index contributed by atoms with van der Waals surface area (Å²) in [5, 5.41) is 7.68. The Kier molecular flexibility index (Phi) is 4.84. The van der Waals surface area contributed by atoms with Gasteiger partial charge < -0.3 is 25.6 Å². The lowest BCUT2D eigenvalue weighted by atomic mass is 10.2. The van der Waals surface area contributed by atoms with E-state index < -0.39 is 0 Å². The number of hydrogen-bond acceptors (Lipinski definition) is 3. The second-order valence-electron chi connectivity index (χ2n) is 3.44. The van der Waals surface area contributed by atoms with Crippen molar-refractivity contribution in [3.63, 3.8) is 0 Å². The first-order valence-electron chi connectivity index (χ1n) is 5.20. The lowest BCUT2D eigenvalue weighted by Gasteiger charge is -2.35. The number of carbonyl (C=O) groups excluding carboxylic acids is 2. The Morgan fingerprint density at radius 2 is 2.12 bits per heavy atom. The van der Waals surface area contributed by atoms with E-state index in [1.807, 2.05) is 0 Å². The van der Waals surface area contributed by atoms with Gasteiger partial charge in [-0.1, -0.05) is 0 Å². The zero-order valence-electron chi connectivity index (χ0n) is 9.58. The zero-order chi connectivity index (χ0) is 12.0. The largest absolute Gasteiger partial charge is 0.377 e. The molecular weight excluding hydrogens is 212 g/mol. The van der Waals surface area contributed by atoms with Crippen molar-refractivity contribution in [3.8, 4) is 0 Å². The highest BCUT2D eigenvalue weighted by Crippen LogP contribution is 2.06. The van der Waals surface area contributed by atoms with Gasteiger partial charge in [0.1, 0.15) is 0 Å². The molecule has 0 aliphatic carbocycles. The number of nitrogens with one attached hydrogen (secondary N) is 3. The molecule has 0 aromatic carbocycles. The molecule has 0 bridgehead atoms. The van der Waals surface area contributed by atoms with Crippen molar-refractivity contribution < 1.29 is 14.3 Å². The van der Waals surface area contributed by atoms with Crippen molar-refractivity contribution in [2.75, 3.05) is 40.4 Å². The number of amides is 4. The van der Waals surface area contributed by atoms with E-state index in [9.17, 15) is 9.59 Å². The maximum atomic E-state index is 11.5. The molecule has 1 atom stereocenters. The van der Waals surface area contributed by atoms with Gasteiger partial charge in [0, 0.05) is 27.2 Å². The minimum absolute atomic E-state index is 0.119. The van der Waals surface area contributed by atoms with Crippen LogP contribution in [0.2, 0.25) is 0 Å². The smallest absolute Gasteiger partial charge is 0.317 e. The van der Waals surface area contributed by atoms with E-state index in [2.05, 4.69) is 16.0 Å². The van der Waals surface area contributed by atoms with E-state index in [4.69, 9.17) is 4.74 Å². The molecule has 0 radical (unpaired) electrons. The molecule has 1 unspecified atom stereocenters. The van der Waals surface area contributed by atoms with Crippen LogP contribution in [-0.2, 0) is 4.74 Å². The van der Waals surface area contributed by atoms with Crippen molar-refractivity contribution in [2.24, 2.45) is 0 Å². The molecular formula is C9H18N4O3. The van der Waals surface area contributed by atoms with Crippen molar-refractivity contribution >= 4 is 12.1 Å². The van der Waals surface area contributed by atoms with E-state index in [0.717, 1.165) is 0 Å². The topological polar surface area (TPSA) is 82.7 Å². The highest BCUT2D eigenvalue weighted by molar-refractivity contribution is 5.75. The molecule has 0 aromatic heterocycles. The van der Waals surface area contributed by atoms with Crippen molar-refractivity contribution in [3.05, 3.63) is 0 Å². The number of rotatable bonds is 2. The fourth-order valence-corrected chi connectivity index (χ4v) is 1.53. The predicted octanol–water partition coefficient (Wildman–Crippen LogP) is -1.04. The minimum atomic E-state index is -0.262. The quantitative estimate of drug-likeness (QED) is 0.566. The summed E-state index contributed by atoms with van der Waals surface area (Å²) in [6.45, 7) is 1.90. The Bertz CT molecular complexity index is 259. The molecule has 92 valence electrons. The van der Waals surface area contributed by atoms with Gasteiger partial charge in [0.05, 0.1) is 19.3 Å². The Balaban J connectivity index is 2.47. The molecule has 16 heavy (non-hydrogen) atoms. The van der Waals surface area contributed by atoms with Crippen LogP contribution >= 0.6 is 0 Å². The molecule has 3 N–H and O–H groups in total. The summed E-state index contributed by atoms with van der Waals surface area (Å²) in [6, 6.07) is -0.527. The Morgan fingerprint density at radius 1 is 1.38 bits per heavy atom. The van der Waals surface area contributed by atoms with Crippen molar-refractivity contribution in [2.45, 2.75) is 6.04 Å². The van der Waals surface area contributed by atoms with E-state index >= 15 is 0 Å². The zero-order valence-corrected chi connectivity index (χ0v) is 9.58. The summed E-state index contributed by atoms with van der Waals surface area (Å²) in [5.74, 6) is 0. The third-order valence-corrected chi connectivity index (χ3v) is 2.43. The van der Waals surface area contributed by atoms with Crippen LogP contribution in [0.15, 0.2) is 0 Å². The Hall–Kier alpha value is -1.50. The van der Waals surface area contributed by atoms with Gasteiger partial charge in [0.2, 0.25) is 0 Å². The molecule has 1 fully saturated rings. The fourth-order valence-electron chi connectivity index (χ4n) is 1.53. The second kappa shape index (κ2) is 6.16. The van der Waals surface area contributed by atoms with Gasteiger partial charge in [0.25, 0.3) is 0 Å². The first kappa shape index (κ1) is 12.6. The number of morpholine rings is 1. The summed E-state index contributed by atoms with van der Waals surface area (Å²) >= 11 is 0. The normalized spacial score (nSPS) is 20.1. The third kappa shape index (κ3) is 3.27. The van der Waals surface area contributed by atoms with E-state index in [0.29, 0.717) is 26.3 Å². The summed E-state index contributed by atoms with van der Waals surface area (Å²) in [7, 11) is 3.13. The molecule has 7 nitrogen and oxygen atoms in total. The highest BCUT2D eigenvalue weighted by Gasteiger charge is 2.26. The second-order valence-corrected chi connectivity index (χ2v) is 3.44. The summed E-state index contributed by atoms with van der Waals surface area (Å²) in [5.41, 5.74) is 0. The SMILES string of the molecule is CNC(=O)NCC1COCCN1C(=O)NC. The van der Waals surface area contributed by atoms with E-state index in [1.165, 1.54) is 0 Å². The standard InChI is InChI=1S/C9H18N4O3/c1-10-8(14)12-5-7-6-16-4-3-13(7)9(15)11-2/h7H,3-6H2,1-2H3,(H,11,15)(H2,10,12,14). The molecule has 0 saturated carbocycles. The maximum Gasteiger partial charge on any atom is 0.317 e. The number of ether oxygens (including phenoxy) is 1. The lowest BCUT2D eigenvalue weighted by Crippen LogP contribution is -2.56. The Labute approximate surface area is 94.5 Å². The molecule has 1 aliphatic heterocycles. The van der Waals surface area contributed by atoms with Crippen LogP contribution in [0.4, 0.5) is 9.59 Å². The summed E-state index contributed by atoms with van der Waals surface area (Å²) < 4.78 is 5.28. The van der Waals surface area contributed by atoms with Gasteiger partial charge >= 0.3 is 12.1 Å². The van der Waals surface area contributed by atoms with Crippen LogP contribution in [0.5, 0.6) is 0 Å². The van der Waals surface area contributed by atoms with Crippen LogP contribution in [-0.4, -0.2) is 63.4 Å². The predicted molar refractivity (Wildman–Crippen MR) is 58.2 cm³/mol. The van der Waals surface area contributed by atoms with Crippen LogP contribution in [0.3, 0.4) is 0 Å². The van der Waals surface area contributed by atoms with Crippen LogP contribution in [0.1, 0.15) is 0 Å². The van der Waals surface area contributed by atoms with Gasteiger partial charge in [-0.25, -0.2) is 9.59 Å². The van der Waals surface area contributed by atoms with Crippen molar-refractivity contribution in [1.82, 2.24) is 20.9 Å². The van der Waals surface area contributed by atoms with Gasteiger partial charge in [-0.2, -0.15) is 0 Å². The molecule has 0 aromatic rings. The van der Waals surface area contributed by atoms with E-state index in [1.54, 1.807) is 19.0 Å². The van der Waals surface area contributed by atoms with Crippen LogP contribution < -0.4 is 16.0 Å². The first-order valence-corrected chi connectivity index (χ1v) is 5.20. The number of carbonyl (C=O) groups is 2. The number of hydrogen-bond donors (Lipinski definition) is 3. The van der Waals surface area contributed by atoms with Crippen molar-refractivity contribution in [1.29, 1.82) is 0 Å². The molecule has 1 aliphatic rings. The fraction of sp³-hybridized carbons (Fsp3) is 0.778. The van der Waals surface area contributed by atoms with Gasteiger partial charge in [-0.3, -0.25) is 0 Å². The van der Waals surface area contributed by atoms with E-state index in [-0.39, 0.29) is 18.1 Å². The molecule has 0 spiro atoms. The number of nitrogens with zero attached hydrogens (tertiary/aromatic N) is 1. The summed E-state index contributed by atoms with van der Waals surface area (Å²) in [6.07, 6.45) is 0. The Morgan fingerprint density at radius 3 is 2.75 bits per heavy atom. The molecule has 1 heterocycles. The molecule has 7 heteroatoms. The summed E-state index contributed by atoms with van der Waals surface area (Å²) in [4.78, 5) is 24.2. The van der Waals surface area contributed by atoms with Crippen LogP contribution in [0.25, 0.3) is 0 Å². The average molecular weight is 230 g/mol. The highest BCUT2D eigenvalue weighted by atomic mass is 16.5. The van der Waals surface area contributed by atoms with Gasteiger partial charge in [-0.15, -0.1) is 0 Å². The van der Waals surface area contributed by atoms with Gasteiger partial charge in [0.15, 0.2) is 0 Å². The third-order valence-electron chi connectivity index (χ3n) is 2.43. The first-order chi connectivity index (χ1) is 7.69. The molecule has 4 amide bonds. The number of urea groups is 2. The maximum absolute atomic E-state index is 11.5.